The van der Waals surface area contributed by atoms with Crippen LogP contribution in [0.15, 0.2) is 85.1 Å². The highest BCUT2D eigenvalue weighted by atomic mass is 16.7. The lowest BCUT2D eigenvalue weighted by atomic mass is 9.99. The second-order valence-corrected chi connectivity index (χ2v) is 22.8. The van der Waals surface area contributed by atoms with Gasteiger partial charge >= 0.3 is 5.97 Å². The predicted molar refractivity (Wildman–Crippen MR) is 338 cm³/mol. The molecule has 8 unspecified atom stereocenters. The largest absolute Gasteiger partial charge is 0.454 e. The maximum atomic E-state index is 13.5. The standard InChI is InChI=1S/C70H123NO10/c1-4-7-10-13-16-19-22-25-27-28-29-30-31-32-33-34-35-36-37-38-39-42-45-48-51-54-57-63(74)69(78)71-61(62(73)56-53-50-47-44-41-24-21-18-15-12-9-6-3)60-79-70-68(67(77)66(76)64(59-72)80-70)81-65(75)58-55-52-49-46-43-40-26-23-20-17-14-11-8-5-2/h8,11,16-17,19-20,25,27,29-30,32-33,53,56,61-64,66-68,70,72-74,76-77H,4-7,9-10,12-15,18,21-24,26,28,31,34-52,54-55,57-60H2,1-3H3,(H,71,78)/b11-8+,19-16-,20-17+,27-25-,30-29-,33-32-,56-53+. The van der Waals surface area contributed by atoms with Crippen molar-refractivity contribution in [3.63, 3.8) is 0 Å². The molecule has 1 fully saturated rings. The number of esters is 1. The van der Waals surface area contributed by atoms with Crippen molar-refractivity contribution in [3.05, 3.63) is 85.1 Å². The number of aliphatic hydroxyl groups excluding tert-OH is 5. The molecule has 468 valence electrons. The van der Waals surface area contributed by atoms with Crippen molar-refractivity contribution in [3.8, 4) is 0 Å². The van der Waals surface area contributed by atoms with Gasteiger partial charge in [0, 0.05) is 6.42 Å². The molecule has 0 bridgehead atoms. The first-order valence-corrected chi connectivity index (χ1v) is 33.4. The molecule has 6 N–H and O–H groups in total. The number of aliphatic hydroxyl groups is 5. The third-order valence-corrected chi connectivity index (χ3v) is 15.3. The summed E-state index contributed by atoms with van der Waals surface area (Å²) in [7, 11) is 0. The van der Waals surface area contributed by atoms with Gasteiger partial charge in [-0.2, -0.15) is 0 Å². The van der Waals surface area contributed by atoms with E-state index in [0.717, 1.165) is 109 Å². The fraction of sp³-hybridized carbons (Fsp3) is 0.771. The van der Waals surface area contributed by atoms with Gasteiger partial charge < -0.3 is 45.1 Å². The molecule has 0 saturated carbocycles. The first kappa shape index (κ1) is 75.9. The summed E-state index contributed by atoms with van der Waals surface area (Å²) >= 11 is 0. The zero-order chi connectivity index (χ0) is 58.9. The van der Waals surface area contributed by atoms with E-state index in [2.05, 4.69) is 99.0 Å². The molecular formula is C70H123NO10. The molecule has 11 heteroatoms. The zero-order valence-corrected chi connectivity index (χ0v) is 51.9. The Kier molecular flexibility index (Phi) is 53.6. The lowest BCUT2D eigenvalue weighted by molar-refractivity contribution is -0.305. The summed E-state index contributed by atoms with van der Waals surface area (Å²) in [6.45, 7) is 5.65. The minimum atomic E-state index is -1.62. The quantitative estimate of drug-likeness (QED) is 0.0195. The summed E-state index contributed by atoms with van der Waals surface area (Å²) in [6.07, 6.45) is 64.8. The van der Waals surface area contributed by atoms with Crippen LogP contribution in [0, 0.1) is 0 Å². The van der Waals surface area contributed by atoms with E-state index in [-0.39, 0.29) is 19.4 Å². The van der Waals surface area contributed by atoms with Gasteiger partial charge in [-0.1, -0.05) is 266 Å². The van der Waals surface area contributed by atoms with Crippen LogP contribution in [0.5, 0.6) is 0 Å². The molecule has 1 aliphatic rings. The van der Waals surface area contributed by atoms with Gasteiger partial charge in [0.2, 0.25) is 5.91 Å². The van der Waals surface area contributed by atoms with E-state index in [1.54, 1.807) is 6.08 Å². The van der Waals surface area contributed by atoms with Crippen LogP contribution in [0.4, 0.5) is 0 Å². The maximum Gasteiger partial charge on any atom is 0.306 e. The van der Waals surface area contributed by atoms with Crippen molar-refractivity contribution < 1.29 is 49.3 Å². The molecule has 0 spiro atoms. The van der Waals surface area contributed by atoms with Crippen molar-refractivity contribution in [1.29, 1.82) is 0 Å². The van der Waals surface area contributed by atoms with Crippen LogP contribution in [0.1, 0.15) is 284 Å². The highest BCUT2D eigenvalue weighted by Gasteiger charge is 2.47. The molecule has 1 saturated heterocycles. The number of carbonyl (C=O) groups excluding carboxylic acids is 2. The normalized spacial score (nSPS) is 19.2. The average Bonchev–Trinajstić information content (AvgIpc) is 3.53. The number of rotatable bonds is 56. The third-order valence-electron chi connectivity index (χ3n) is 15.3. The van der Waals surface area contributed by atoms with Crippen molar-refractivity contribution in [2.24, 2.45) is 0 Å². The molecule has 1 rings (SSSR count). The van der Waals surface area contributed by atoms with Crippen LogP contribution >= 0.6 is 0 Å². The predicted octanol–water partition coefficient (Wildman–Crippen LogP) is 16.5. The Labute approximate surface area is 495 Å². The zero-order valence-electron chi connectivity index (χ0n) is 51.9. The third kappa shape index (κ3) is 45.0. The molecule has 0 aromatic carbocycles. The van der Waals surface area contributed by atoms with Crippen molar-refractivity contribution >= 4 is 11.9 Å². The highest BCUT2D eigenvalue weighted by Crippen LogP contribution is 2.26. The van der Waals surface area contributed by atoms with E-state index in [1.807, 2.05) is 6.08 Å². The van der Waals surface area contributed by atoms with Crippen LogP contribution in [0.3, 0.4) is 0 Å². The van der Waals surface area contributed by atoms with Crippen LogP contribution in [0.2, 0.25) is 0 Å². The van der Waals surface area contributed by atoms with Gasteiger partial charge in [-0.15, -0.1) is 0 Å². The molecule has 1 aliphatic heterocycles. The van der Waals surface area contributed by atoms with Gasteiger partial charge in [-0.25, -0.2) is 0 Å². The maximum absolute atomic E-state index is 13.5. The van der Waals surface area contributed by atoms with E-state index in [0.29, 0.717) is 12.8 Å². The van der Waals surface area contributed by atoms with Gasteiger partial charge in [0.15, 0.2) is 12.4 Å². The lowest BCUT2D eigenvalue weighted by Crippen LogP contribution is -2.61. The average molecular weight is 1140 g/mol. The molecule has 0 radical (unpaired) electrons. The summed E-state index contributed by atoms with van der Waals surface area (Å²) in [6, 6.07) is -1.03. The van der Waals surface area contributed by atoms with Gasteiger partial charge in [0.05, 0.1) is 25.4 Å². The Morgan fingerprint density at radius 3 is 1.36 bits per heavy atom. The fourth-order valence-corrected chi connectivity index (χ4v) is 10.0. The minimum absolute atomic E-state index is 0.112. The van der Waals surface area contributed by atoms with Crippen LogP contribution < -0.4 is 5.32 Å². The van der Waals surface area contributed by atoms with E-state index >= 15 is 0 Å². The molecule has 0 aromatic rings. The topological polar surface area (TPSA) is 175 Å². The van der Waals surface area contributed by atoms with Crippen LogP contribution in [0.25, 0.3) is 0 Å². The summed E-state index contributed by atoms with van der Waals surface area (Å²) in [5.41, 5.74) is 0. The Hall–Kier alpha value is -3.16. The first-order chi connectivity index (χ1) is 39.7. The first-order valence-electron chi connectivity index (χ1n) is 33.4. The number of allylic oxidation sites excluding steroid dienone is 13. The minimum Gasteiger partial charge on any atom is -0.454 e. The van der Waals surface area contributed by atoms with Crippen molar-refractivity contribution in [2.75, 3.05) is 13.2 Å². The lowest BCUT2D eigenvalue weighted by Gasteiger charge is -2.41. The van der Waals surface area contributed by atoms with Crippen molar-refractivity contribution in [1.82, 2.24) is 5.32 Å². The number of ether oxygens (including phenoxy) is 3. The van der Waals surface area contributed by atoms with E-state index in [4.69, 9.17) is 14.2 Å². The Morgan fingerprint density at radius 2 is 0.889 bits per heavy atom. The van der Waals surface area contributed by atoms with Gasteiger partial charge in [0.1, 0.15) is 24.4 Å². The molecule has 0 aromatic heterocycles. The molecule has 11 nitrogen and oxygen atoms in total. The van der Waals surface area contributed by atoms with Gasteiger partial charge in [-0.3, -0.25) is 9.59 Å². The summed E-state index contributed by atoms with van der Waals surface area (Å²) in [5, 5.41) is 57.1. The number of hydrogen-bond acceptors (Lipinski definition) is 10. The second-order valence-electron chi connectivity index (χ2n) is 22.8. The molecule has 8 atom stereocenters. The SMILES string of the molecule is CC/C=C/C/C=C/CCCCCCCCCC(=O)OC1C(OCC(NC(=O)C(O)CCCCCCCCCCCC/C=C\C/C=C\C/C=C\C/C=C\CCCCC)C(O)/C=C/CCCCCCCCCCCC)OC(CO)C(O)C1O. The van der Waals surface area contributed by atoms with E-state index in [1.165, 1.54) is 128 Å². The van der Waals surface area contributed by atoms with Crippen LogP contribution in [-0.2, 0) is 23.8 Å². The Balaban J connectivity index is 2.59. The summed E-state index contributed by atoms with van der Waals surface area (Å²) in [5.74, 6) is -1.21. The van der Waals surface area contributed by atoms with E-state index < -0.39 is 67.4 Å². The Bertz CT molecular complexity index is 1640. The smallest absolute Gasteiger partial charge is 0.306 e. The van der Waals surface area contributed by atoms with E-state index in [9.17, 15) is 35.1 Å². The monoisotopic (exact) mass is 1140 g/mol. The number of hydrogen-bond donors (Lipinski definition) is 6. The van der Waals surface area contributed by atoms with Crippen molar-refractivity contribution in [2.45, 2.75) is 333 Å². The molecule has 1 heterocycles. The van der Waals surface area contributed by atoms with Gasteiger partial charge in [-0.05, 0) is 96.3 Å². The fourth-order valence-electron chi connectivity index (χ4n) is 10.0. The molecule has 0 aliphatic carbocycles. The Morgan fingerprint density at radius 1 is 0.494 bits per heavy atom. The summed E-state index contributed by atoms with van der Waals surface area (Å²) < 4.78 is 17.6. The molecule has 1 amide bonds. The summed E-state index contributed by atoms with van der Waals surface area (Å²) in [4.78, 5) is 26.6. The molecule has 81 heavy (non-hydrogen) atoms. The number of amides is 1. The number of carbonyl (C=O) groups is 2. The van der Waals surface area contributed by atoms with Crippen LogP contribution in [-0.4, -0.2) is 99.6 Å². The number of unbranched alkanes of at least 4 members (excludes halogenated alkanes) is 30. The second kappa shape index (κ2) is 57.3. The highest BCUT2D eigenvalue weighted by molar-refractivity contribution is 5.80. The molecular weight excluding hydrogens is 1010 g/mol. The van der Waals surface area contributed by atoms with Gasteiger partial charge in [0.25, 0.3) is 0 Å². The number of nitrogens with one attached hydrogen (secondary N) is 1.